The monoisotopic (exact) mass is 387 g/mol. The molecule has 0 unspecified atom stereocenters. The van der Waals surface area contributed by atoms with Gasteiger partial charge in [0, 0.05) is 0 Å². The number of rotatable bonds is 9. The van der Waals surface area contributed by atoms with Crippen molar-refractivity contribution in [3.63, 3.8) is 0 Å². The predicted molar refractivity (Wildman–Crippen MR) is 99.2 cm³/mol. The smallest absolute Gasteiger partial charge is 0.336 e. The van der Waals surface area contributed by atoms with Gasteiger partial charge >= 0.3 is 5.97 Å². The number of nitrogens with zero attached hydrogens (tertiary/aromatic N) is 1. The fourth-order valence-electron chi connectivity index (χ4n) is 2.51. The summed E-state index contributed by atoms with van der Waals surface area (Å²) in [5.41, 5.74) is 1.28. The number of carbonyl (C=O) groups is 1. The SMILES string of the molecule is CCOC(=O)[C@@H](CCCc1ccccc1)OS(=O)(=O)c1cccc(C#N)c1. The first-order chi connectivity index (χ1) is 13.0. The van der Waals surface area contributed by atoms with Gasteiger partial charge < -0.3 is 4.74 Å². The van der Waals surface area contributed by atoms with E-state index in [1.165, 1.54) is 24.3 Å². The van der Waals surface area contributed by atoms with Crippen molar-refractivity contribution in [1.29, 1.82) is 5.26 Å². The standard InChI is InChI=1S/C20H21NO5S/c1-2-25-20(22)19(13-7-10-16-8-4-3-5-9-16)26-27(23,24)18-12-6-11-17(14-18)15-21/h3-6,8-9,11-12,14,19H,2,7,10,13H2,1H3/t19-/m1/s1. The average molecular weight is 387 g/mol. The molecule has 27 heavy (non-hydrogen) atoms. The van der Waals surface area contributed by atoms with Crippen molar-refractivity contribution >= 4 is 16.1 Å². The van der Waals surface area contributed by atoms with Crippen molar-refractivity contribution in [2.24, 2.45) is 0 Å². The summed E-state index contributed by atoms with van der Waals surface area (Å²) in [6.07, 6.45) is 0.209. The van der Waals surface area contributed by atoms with Crippen LogP contribution in [0.3, 0.4) is 0 Å². The van der Waals surface area contributed by atoms with Crippen LogP contribution in [0.4, 0.5) is 0 Å². The molecule has 2 aromatic carbocycles. The van der Waals surface area contributed by atoms with Gasteiger partial charge in [-0.1, -0.05) is 36.4 Å². The maximum absolute atomic E-state index is 12.5. The molecular weight excluding hydrogens is 366 g/mol. The van der Waals surface area contributed by atoms with Crippen molar-refractivity contribution in [2.45, 2.75) is 37.2 Å². The van der Waals surface area contributed by atoms with Crippen LogP contribution in [0.1, 0.15) is 30.9 Å². The number of aryl methyl sites for hydroxylation is 1. The molecule has 2 rings (SSSR count). The van der Waals surface area contributed by atoms with Crippen LogP contribution in [-0.4, -0.2) is 27.1 Å². The predicted octanol–water partition coefficient (Wildman–Crippen LogP) is 3.22. The highest BCUT2D eigenvalue weighted by molar-refractivity contribution is 7.86. The van der Waals surface area contributed by atoms with Gasteiger partial charge in [-0.05, 0) is 49.9 Å². The second-order valence-electron chi connectivity index (χ2n) is 5.81. The first kappa shape index (κ1) is 20.6. The average Bonchev–Trinajstić information content (AvgIpc) is 2.68. The van der Waals surface area contributed by atoms with Gasteiger partial charge in [0.2, 0.25) is 0 Å². The van der Waals surface area contributed by atoms with Gasteiger partial charge in [-0.3, -0.25) is 4.18 Å². The maximum atomic E-state index is 12.5. The van der Waals surface area contributed by atoms with E-state index in [1.807, 2.05) is 36.4 Å². The van der Waals surface area contributed by atoms with E-state index in [0.717, 1.165) is 5.56 Å². The summed E-state index contributed by atoms with van der Waals surface area (Å²) in [7, 11) is -4.20. The fraction of sp³-hybridized carbons (Fsp3) is 0.300. The van der Waals surface area contributed by atoms with E-state index in [9.17, 15) is 13.2 Å². The molecule has 0 aliphatic rings. The third kappa shape index (κ3) is 6.20. The van der Waals surface area contributed by atoms with Gasteiger partial charge in [0.05, 0.1) is 23.1 Å². The lowest BCUT2D eigenvalue weighted by Gasteiger charge is -2.16. The van der Waals surface area contributed by atoms with Crippen LogP contribution < -0.4 is 0 Å². The van der Waals surface area contributed by atoms with Crippen LogP contribution in [0.2, 0.25) is 0 Å². The van der Waals surface area contributed by atoms with Gasteiger partial charge in [0.25, 0.3) is 10.1 Å². The number of ether oxygens (including phenoxy) is 1. The van der Waals surface area contributed by atoms with Gasteiger partial charge in [0.15, 0.2) is 6.10 Å². The normalized spacial score (nSPS) is 12.1. The molecule has 1 atom stereocenters. The Morgan fingerprint density at radius 3 is 2.56 bits per heavy atom. The molecule has 142 valence electrons. The highest BCUT2D eigenvalue weighted by atomic mass is 32.2. The zero-order valence-corrected chi connectivity index (χ0v) is 15.8. The molecule has 0 heterocycles. The quantitative estimate of drug-likeness (QED) is 0.484. The number of benzene rings is 2. The number of nitriles is 1. The van der Waals surface area contributed by atoms with E-state index in [-0.39, 0.29) is 23.5 Å². The Morgan fingerprint density at radius 1 is 1.15 bits per heavy atom. The minimum atomic E-state index is -4.20. The highest BCUT2D eigenvalue weighted by Crippen LogP contribution is 2.19. The Balaban J connectivity index is 2.10. The Hall–Kier alpha value is -2.69. The lowest BCUT2D eigenvalue weighted by molar-refractivity contribution is -0.151. The van der Waals surface area contributed by atoms with Crippen molar-refractivity contribution in [3.8, 4) is 6.07 Å². The fourth-order valence-corrected chi connectivity index (χ4v) is 3.61. The molecule has 0 amide bonds. The summed E-state index contributed by atoms with van der Waals surface area (Å²) in [4.78, 5) is 12.0. The molecule has 0 saturated carbocycles. The largest absolute Gasteiger partial charge is 0.464 e. The van der Waals surface area contributed by atoms with Gasteiger partial charge in [-0.25, -0.2) is 4.79 Å². The molecule has 0 saturated heterocycles. The molecule has 0 bridgehead atoms. The topological polar surface area (TPSA) is 93.5 Å². The van der Waals surface area contributed by atoms with E-state index < -0.39 is 22.2 Å². The molecule has 0 N–H and O–H groups in total. The van der Waals surface area contributed by atoms with Crippen molar-refractivity contribution in [1.82, 2.24) is 0 Å². The molecule has 0 radical (unpaired) electrons. The molecule has 6 nitrogen and oxygen atoms in total. The van der Waals surface area contributed by atoms with Crippen LogP contribution in [-0.2, 0) is 30.3 Å². The molecule has 0 spiro atoms. The van der Waals surface area contributed by atoms with Crippen LogP contribution in [0, 0.1) is 11.3 Å². The zero-order chi connectivity index (χ0) is 19.7. The third-order valence-electron chi connectivity index (χ3n) is 3.82. The van der Waals surface area contributed by atoms with E-state index in [2.05, 4.69) is 0 Å². The Morgan fingerprint density at radius 2 is 1.89 bits per heavy atom. The summed E-state index contributed by atoms with van der Waals surface area (Å²) >= 11 is 0. The van der Waals surface area contributed by atoms with Crippen LogP contribution in [0.5, 0.6) is 0 Å². The third-order valence-corrected chi connectivity index (χ3v) is 5.14. The number of esters is 1. The minimum absolute atomic E-state index is 0.126. The Kier molecular flexibility index (Phi) is 7.53. The summed E-state index contributed by atoms with van der Waals surface area (Å²) in [5.74, 6) is -0.717. The molecule has 0 aliphatic carbocycles. The molecule has 2 aromatic rings. The highest BCUT2D eigenvalue weighted by Gasteiger charge is 2.28. The van der Waals surface area contributed by atoms with Crippen molar-refractivity contribution in [3.05, 3.63) is 65.7 Å². The van der Waals surface area contributed by atoms with Crippen LogP contribution in [0.25, 0.3) is 0 Å². The maximum Gasteiger partial charge on any atom is 0.336 e. The van der Waals surface area contributed by atoms with Gasteiger partial charge in [0.1, 0.15) is 0 Å². The first-order valence-electron chi connectivity index (χ1n) is 8.60. The zero-order valence-electron chi connectivity index (χ0n) is 15.0. The van der Waals surface area contributed by atoms with Gasteiger partial charge in [-0.15, -0.1) is 0 Å². The Bertz CT molecular complexity index is 903. The van der Waals surface area contributed by atoms with Crippen LogP contribution >= 0.6 is 0 Å². The van der Waals surface area contributed by atoms with E-state index in [0.29, 0.717) is 12.8 Å². The lowest BCUT2D eigenvalue weighted by Crippen LogP contribution is -2.29. The number of hydrogen-bond donors (Lipinski definition) is 0. The van der Waals surface area contributed by atoms with Gasteiger partial charge in [-0.2, -0.15) is 13.7 Å². The molecule has 0 aromatic heterocycles. The van der Waals surface area contributed by atoms with E-state index in [1.54, 1.807) is 6.92 Å². The second-order valence-corrected chi connectivity index (χ2v) is 7.38. The minimum Gasteiger partial charge on any atom is -0.464 e. The van der Waals surface area contributed by atoms with E-state index in [4.69, 9.17) is 14.2 Å². The lowest BCUT2D eigenvalue weighted by atomic mass is 10.1. The molecule has 0 fully saturated rings. The molecular formula is C20H21NO5S. The summed E-state index contributed by atoms with van der Waals surface area (Å²) in [5, 5.41) is 8.93. The number of carbonyl (C=O) groups excluding carboxylic acids is 1. The van der Waals surface area contributed by atoms with E-state index >= 15 is 0 Å². The van der Waals surface area contributed by atoms with Crippen molar-refractivity contribution < 1.29 is 22.1 Å². The molecule has 0 aliphatic heterocycles. The summed E-state index contributed by atoms with van der Waals surface area (Å²) in [6, 6.07) is 17.0. The van der Waals surface area contributed by atoms with Crippen LogP contribution in [0.15, 0.2) is 59.5 Å². The first-order valence-corrected chi connectivity index (χ1v) is 10.0. The Labute approximate surface area is 159 Å². The van der Waals surface area contributed by atoms with Crippen molar-refractivity contribution in [2.75, 3.05) is 6.61 Å². The molecule has 7 heteroatoms. The second kappa shape index (κ2) is 9.86. The number of hydrogen-bond acceptors (Lipinski definition) is 6. The summed E-state index contributed by atoms with van der Waals surface area (Å²) < 4.78 is 35.1. The summed E-state index contributed by atoms with van der Waals surface area (Å²) in [6.45, 7) is 1.77.